The Hall–Kier alpha value is -0.375. The van der Waals surface area contributed by atoms with Gasteiger partial charge in [-0.3, -0.25) is 0 Å². The third-order valence-electron chi connectivity index (χ3n) is 3.81. The monoisotopic (exact) mass is 336 g/mol. The fourth-order valence-corrected chi connectivity index (χ4v) is 4.96. The lowest BCUT2D eigenvalue weighted by atomic mass is 9.42. The van der Waals surface area contributed by atoms with Crippen LogP contribution in [0, 0.1) is 17.1 Å². The van der Waals surface area contributed by atoms with Crippen molar-refractivity contribution in [3.05, 3.63) is 24.3 Å². The van der Waals surface area contributed by atoms with E-state index < -0.39 is 0 Å². The summed E-state index contributed by atoms with van der Waals surface area (Å²) in [7, 11) is 3.66. The second kappa shape index (κ2) is 9.60. The molecule has 6 heteroatoms. The Bertz CT molecular complexity index is 453. The lowest BCUT2D eigenvalue weighted by molar-refractivity contribution is 0.497. The predicted octanol–water partition coefficient (Wildman–Crippen LogP) is 4.74. The number of nitriles is 1. The highest BCUT2D eigenvalue weighted by atomic mass is 33.1. The van der Waals surface area contributed by atoms with E-state index in [2.05, 4.69) is 48.2 Å². The first-order chi connectivity index (χ1) is 10.3. The molecule has 112 valence electrons. The van der Waals surface area contributed by atoms with Crippen LogP contribution in [0.2, 0.25) is 12.6 Å². The van der Waals surface area contributed by atoms with Crippen LogP contribution < -0.4 is 5.32 Å². The maximum absolute atomic E-state index is 8.91. The van der Waals surface area contributed by atoms with Gasteiger partial charge in [0.15, 0.2) is 0 Å². The average Bonchev–Trinajstić information content (AvgIpc) is 2.55. The molecule has 1 aromatic rings. The van der Waals surface area contributed by atoms with Gasteiger partial charge < -0.3 is 5.32 Å². The van der Waals surface area contributed by atoms with Crippen molar-refractivity contribution in [3.8, 4) is 5.97 Å². The van der Waals surface area contributed by atoms with Crippen LogP contribution >= 0.6 is 34.2 Å². The third kappa shape index (κ3) is 6.10. The van der Waals surface area contributed by atoms with Crippen LogP contribution in [0.4, 0.5) is 5.69 Å². The highest BCUT2D eigenvalue weighted by Gasteiger charge is 2.23. The first-order valence-corrected chi connectivity index (χ1v) is 10.4. The summed E-state index contributed by atoms with van der Waals surface area (Å²) in [6, 6.07) is 8.66. The van der Waals surface area contributed by atoms with Gasteiger partial charge in [0.1, 0.15) is 0 Å². The zero-order valence-corrected chi connectivity index (χ0v) is 14.7. The number of anilines is 1. The van der Waals surface area contributed by atoms with Crippen LogP contribution in [0.25, 0.3) is 0 Å². The smallest absolute Gasteiger partial charge is 0.267 e. The maximum atomic E-state index is 8.91. The molecule has 0 unspecified atom stereocenters. The van der Waals surface area contributed by atoms with E-state index >= 15 is 0 Å². The summed E-state index contributed by atoms with van der Waals surface area (Å²) in [5.74, 6) is 5.10. The van der Waals surface area contributed by atoms with E-state index in [-0.39, 0.29) is 0 Å². The number of nitrogens with zero attached hydrogens (tertiary/aromatic N) is 1. The molecule has 0 aromatic heterocycles. The van der Waals surface area contributed by atoms with Crippen LogP contribution in [-0.4, -0.2) is 24.8 Å². The van der Waals surface area contributed by atoms with E-state index in [9.17, 15) is 0 Å². The number of nitrogens with one attached hydrogen (secondary N) is 1. The topological polar surface area (TPSA) is 35.8 Å². The summed E-state index contributed by atoms with van der Waals surface area (Å²) in [4.78, 5) is 1.29. The second-order valence-electron chi connectivity index (χ2n) is 5.38. The van der Waals surface area contributed by atoms with E-state index in [1.54, 1.807) is 0 Å². The van der Waals surface area contributed by atoms with Gasteiger partial charge in [0.05, 0.1) is 0 Å². The molecule has 1 fully saturated rings. The van der Waals surface area contributed by atoms with Crippen molar-refractivity contribution in [3.63, 3.8) is 0 Å². The van der Waals surface area contributed by atoms with Crippen LogP contribution in [0.3, 0.4) is 0 Å². The molecule has 1 N–H and O–H groups in total. The zero-order chi connectivity index (χ0) is 14.9. The normalized spacial score (nSPS) is 15.7. The van der Waals surface area contributed by atoms with Crippen molar-refractivity contribution in [1.82, 2.24) is 0 Å². The summed E-state index contributed by atoms with van der Waals surface area (Å²) < 4.78 is 0. The van der Waals surface area contributed by atoms with Crippen LogP contribution in [0.15, 0.2) is 29.2 Å². The molecule has 2 rings (SSSR count). The largest absolute Gasteiger partial charge is 0.385 e. The van der Waals surface area contributed by atoms with E-state index in [4.69, 9.17) is 5.26 Å². The van der Waals surface area contributed by atoms with Crippen molar-refractivity contribution in [1.29, 1.82) is 5.26 Å². The van der Waals surface area contributed by atoms with Gasteiger partial charge in [-0.25, -0.2) is 5.26 Å². The Morgan fingerprint density at radius 1 is 1.29 bits per heavy atom. The summed E-state index contributed by atoms with van der Waals surface area (Å²) in [5.41, 5.74) is 1.20. The number of hydrogen-bond acceptors (Lipinski definition) is 5. The minimum absolute atomic E-state index is 0.298. The first kappa shape index (κ1) is 17.0. The highest BCUT2D eigenvalue weighted by molar-refractivity contribution is 8.76. The molecule has 0 radical (unpaired) electrons. The van der Waals surface area contributed by atoms with Gasteiger partial charge in [-0.15, -0.1) is 0 Å². The first-order valence-electron chi connectivity index (χ1n) is 7.45. The van der Waals surface area contributed by atoms with Crippen LogP contribution in [0.1, 0.15) is 12.8 Å². The van der Waals surface area contributed by atoms with Gasteiger partial charge in [0.2, 0.25) is 0 Å². The molecule has 1 aliphatic rings. The van der Waals surface area contributed by atoms with E-state index in [0.29, 0.717) is 6.71 Å². The molecule has 1 saturated heterocycles. The molecular formula is C15H21BN2S3. The quantitative estimate of drug-likeness (QED) is 0.326. The van der Waals surface area contributed by atoms with Gasteiger partial charge in [-0.1, -0.05) is 47.1 Å². The zero-order valence-electron chi connectivity index (χ0n) is 12.1. The van der Waals surface area contributed by atoms with Gasteiger partial charge in [0, 0.05) is 34.6 Å². The van der Waals surface area contributed by atoms with Crippen molar-refractivity contribution in [2.75, 3.05) is 23.4 Å². The van der Waals surface area contributed by atoms with Gasteiger partial charge in [-0.05, 0) is 30.2 Å². The van der Waals surface area contributed by atoms with Crippen molar-refractivity contribution < 1.29 is 0 Å². The fraction of sp³-hybridized carbons (Fsp3) is 0.533. The number of rotatable bonds is 7. The molecule has 0 amide bonds. The van der Waals surface area contributed by atoms with Crippen LogP contribution in [0.5, 0.6) is 0 Å². The second-order valence-corrected chi connectivity index (χ2v) is 8.32. The van der Waals surface area contributed by atoms with Gasteiger partial charge in [0.25, 0.3) is 6.71 Å². The van der Waals surface area contributed by atoms with E-state index in [1.165, 1.54) is 23.4 Å². The molecule has 2 nitrogen and oxygen atoms in total. The van der Waals surface area contributed by atoms with Crippen LogP contribution in [-0.2, 0) is 0 Å². The Labute approximate surface area is 141 Å². The van der Waals surface area contributed by atoms with E-state index in [1.807, 2.05) is 21.6 Å². The standard InChI is InChI=1S/C15H21BN2S3/c17-12-16-7-5-13(6-8-16)11-18-14-1-3-15(4-2-14)21-20-10-9-19/h1-4,13,18-19H,5-11H2. The Morgan fingerprint density at radius 3 is 2.62 bits per heavy atom. The Balaban J connectivity index is 1.70. The molecule has 1 aliphatic heterocycles. The lowest BCUT2D eigenvalue weighted by Gasteiger charge is -2.23. The van der Waals surface area contributed by atoms with Crippen molar-refractivity contribution >= 4 is 46.6 Å². The average molecular weight is 336 g/mol. The molecule has 0 bridgehead atoms. The summed E-state index contributed by atoms with van der Waals surface area (Å²) in [6.45, 7) is 1.33. The highest BCUT2D eigenvalue weighted by Crippen LogP contribution is 2.31. The Morgan fingerprint density at radius 2 is 2.00 bits per heavy atom. The summed E-state index contributed by atoms with van der Waals surface area (Å²) >= 11 is 4.21. The van der Waals surface area contributed by atoms with Crippen molar-refractivity contribution in [2.45, 2.75) is 30.4 Å². The summed E-state index contributed by atoms with van der Waals surface area (Å²) in [5, 5.41) is 12.4. The maximum Gasteiger partial charge on any atom is 0.267 e. The van der Waals surface area contributed by atoms with Crippen molar-refractivity contribution in [2.24, 2.45) is 5.92 Å². The third-order valence-corrected chi connectivity index (χ3v) is 6.72. The van der Waals surface area contributed by atoms with Gasteiger partial charge >= 0.3 is 0 Å². The van der Waals surface area contributed by atoms with Gasteiger partial charge in [-0.2, -0.15) is 12.6 Å². The lowest BCUT2D eigenvalue weighted by Crippen LogP contribution is -2.24. The molecule has 0 atom stereocenters. The molecule has 0 aliphatic carbocycles. The molecule has 21 heavy (non-hydrogen) atoms. The summed E-state index contributed by atoms with van der Waals surface area (Å²) in [6.07, 6.45) is 4.50. The molecule has 0 saturated carbocycles. The molecule has 1 heterocycles. The fourth-order valence-electron chi connectivity index (χ4n) is 2.53. The predicted molar refractivity (Wildman–Crippen MR) is 101 cm³/mol. The number of hydrogen-bond donors (Lipinski definition) is 2. The minimum atomic E-state index is 0.298. The molecule has 0 spiro atoms. The Kier molecular flexibility index (Phi) is 7.77. The minimum Gasteiger partial charge on any atom is -0.385 e. The molecular weight excluding hydrogens is 315 g/mol. The SMILES string of the molecule is N#CB1CCC(CNc2ccc(SSCCS)cc2)CC1. The number of thiol groups is 1. The number of benzene rings is 1. The molecule has 1 aromatic carbocycles. The van der Waals surface area contributed by atoms with E-state index in [0.717, 1.165) is 36.6 Å².